The van der Waals surface area contributed by atoms with Crippen molar-refractivity contribution in [3.05, 3.63) is 48.2 Å². The van der Waals surface area contributed by atoms with E-state index in [9.17, 15) is 0 Å². The second kappa shape index (κ2) is 8.90. The molecule has 0 spiro atoms. The first kappa shape index (κ1) is 14.6. The lowest BCUT2D eigenvalue weighted by Crippen LogP contribution is -1.92. The van der Waals surface area contributed by atoms with Crippen LogP contribution in [0.1, 0.15) is 40.5 Å². The van der Waals surface area contributed by atoms with Gasteiger partial charge in [0.15, 0.2) is 0 Å². The van der Waals surface area contributed by atoms with E-state index < -0.39 is 0 Å². The Morgan fingerprint density at radius 1 is 1.31 bits per heavy atom. The number of allylic oxidation sites excluding steroid dienone is 6. The van der Waals surface area contributed by atoms with E-state index in [1.807, 2.05) is 38.2 Å². The van der Waals surface area contributed by atoms with Gasteiger partial charge in [0.25, 0.3) is 0 Å². The van der Waals surface area contributed by atoms with Gasteiger partial charge in [-0.3, -0.25) is 4.99 Å². The molecule has 88 valence electrons. The molecular formula is C15H23N. The number of hydrogen-bond acceptors (Lipinski definition) is 1. The first-order valence-electron chi connectivity index (χ1n) is 5.88. The fourth-order valence-electron chi connectivity index (χ4n) is 1.15. The molecule has 1 nitrogen and oxygen atoms in total. The fraction of sp³-hybridized carbons (Fsp3) is 0.400. The van der Waals surface area contributed by atoms with Crippen LogP contribution in [0.3, 0.4) is 0 Å². The Balaban J connectivity index is 4.99. The van der Waals surface area contributed by atoms with Gasteiger partial charge in [0.1, 0.15) is 0 Å². The Bertz CT molecular complexity index is 327. The standard InChI is InChI=1S/C15H23N/c1-6-9-10-12-15(13(4)5)16-14(8-3)11-7-2/h7,9-12H,4,6,8H2,1-3,5H3/b10-9-,11-7-,15-12+,16-14-. The van der Waals surface area contributed by atoms with Crippen molar-refractivity contribution in [1.29, 1.82) is 0 Å². The Labute approximate surface area is 100.0 Å². The van der Waals surface area contributed by atoms with Gasteiger partial charge in [-0.05, 0) is 44.4 Å². The third kappa shape index (κ3) is 6.18. The molecule has 0 radical (unpaired) electrons. The van der Waals surface area contributed by atoms with Crippen molar-refractivity contribution in [2.75, 3.05) is 0 Å². The van der Waals surface area contributed by atoms with Gasteiger partial charge < -0.3 is 0 Å². The maximum Gasteiger partial charge on any atom is 0.0656 e. The summed E-state index contributed by atoms with van der Waals surface area (Å²) >= 11 is 0. The van der Waals surface area contributed by atoms with E-state index in [1.165, 1.54) is 0 Å². The summed E-state index contributed by atoms with van der Waals surface area (Å²) in [5.41, 5.74) is 3.04. The predicted octanol–water partition coefficient (Wildman–Crippen LogP) is 4.84. The average Bonchev–Trinajstić information content (AvgIpc) is 2.26. The molecule has 0 saturated heterocycles. The monoisotopic (exact) mass is 217 g/mol. The zero-order valence-electron chi connectivity index (χ0n) is 11.0. The molecular weight excluding hydrogens is 194 g/mol. The zero-order valence-corrected chi connectivity index (χ0v) is 11.0. The maximum atomic E-state index is 4.60. The van der Waals surface area contributed by atoms with Crippen LogP contribution >= 0.6 is 0 Å². The summed E-state index contributed by atoms with van der Waals surface area (Å²) in [6, 6.07) is 0. The molecule has 0 bridgehead atoms. The van der Waals surface area contributed by atoms with Crippen LogP contribution in [-0.4, -0.2) is 5.71 Å². The van der Waals surface area contributed by atoms with E-state index in [-0.39, 0.29) is 0 Å². The third-order valence-electron chi connectivity index (χ3n) is 2.05. The summed E-state index contributed by atoms with van der Waals surface area (Å²) < 4.78 is 0. The van der Waals surface area contributed by atoms with Gasteiger partial charge >= 0.3 is 0 Å². The summed E-state index contributed by atoms with van der Waals surface area (Å²) in [6.07, 6.45) is 12.2. The van der Waals surface area contributed by atoms with Crippen LogP contribution in [0.15, 0.2) is 53.2 Å². The quantitative estimate of drug-likeness (QED) is 0.446. The summed E-state index contributed by atoms with van der Waals surface area (Å²) in [5, 5.41) is 0. The fourth-order valence-corrected chi connectivity index (χ4v) is 1.15. The first-order chi connectivity index (χ1) is 7.65. The molecule has 0 aliphatic carbocycles. The molecule has 0 unspecified atom stereocenters. The molecule has 0 aliphatic heterocycles. The van der Waals surface area contributed by atoms with Crippen molar-refractivity contribution in [3.63, 3.8) is 0 Å². The molecule has 0 rings (SSSR count). The highest BCUT2D eigenvalue weighted by Gasteiger charge is 1.96. The van der Waals surface area contributed by atoms with Gasteiger partial charge in [-0.15, -0.1) is 0 Å². The predicted molar refractivity (Wildman–Crippen MR) is 74.9 cm³/mol. The summed E-state index contributed by atoms with van der Waals surface area (Å²) in [6.45, 7) is 12.2. The molecule has 0 fully saturated rings. The molecule has 0 aliphatic rings. The van der Waals surface area contributed by atoms with Gasteiger partial charge in [0, 0.05) is 5.71 Å². The molecule has 1 heteroatoms. The van der Waals surface area contributed by atoms with E-state index in [4.69, 9.17) is 0 Å². The highest BCUT2D eigenvalue weighted by Crippen LogP contribution is 2.10. The van der Waals surface area contributed by atoms with Crippen LogP contribution in [0.25, 0.3) is 0 Å². The van der Waals surface area contributed by atoms with E-state index >= 15 is 0 Å². The third-order valence-corrected chi connectivity index (χ3v) is 2.05. The van der Waals surface area contributed by atoms with Crippen molar-refractivity contribution in [2.24, 2.45) is 4.99 Å². The second-order valence-electron chi connectivity index (χ2n) is 3.63. The van der Waals surface area contributed by atoms with Crippen molar-refractivity contribution in [2.45, 2.75) is 40.5 Å². The number of nitrogens with zero attached hydrogens (tertiary/aromatic N) is 1. The Morgan fingerprint density at radius 3 is 2.44 bits per heavy atom. The number of aliphatic imine (C=N–C) groups is 1. The minimum Gasteiger partial charge on any atom is -0.253 e. The smallest absolute Gasteiger partial charge is 0.0656 e. The molecule has 0 aromatic carbocycles. The topological polar surface area (TPSA) is 12.4 Å². The second-order valence-corrected chi connectivity index (χ2v) is 3.63. The lowest BCUT2D eigenvalue weighted by molar-refractivity contribution is 1.21. The lowest BCUT2D eigenvalue weighted by Gasteiger charge is -2.02. The molecule has 0 amide bonds. The Hall–Kier alpha value is -1.37. The van der Waals surface area contributed by atoms with Crippen molar-refractivity contribution in [1.82, 2.24) is 0 Å². The van der Waals surface area contributed by atoms with Crippen LogP contribution in [0.4, 0.5) is 0 Å². The van der Waals surface area contributed by atoms with Crippen molar-refractivity contribution >= 4 is 5.71 Å². The van der Waals surface area contributed by atoms with Crippen molar-refractivity contribution in [3.8, 4) is 0 Å². The van der Waals surface area contributed by atoms with Crippen LogP contribution in [0.2, 0.25) is 0 Å². The van der Waals surface area contributed by atoms with E-state index in [2.05, 4.69) is 31.5 Å². The van der Waals surface area contributed by atoms with Crippen LogP contribution in [0.5, 0.6) is 0 Å². The van der Waals surface area contributed by atoms with Gasteiger partial charge in [0.2, 0.25) is 0 Å². The number of hydrogen-bond donors (Lipinski definition) is 0. The SMILES string of the molecule is C=C(C)C(=C\C=C/CC)/N=C(\C=C/C)CC. The van der Waals surface area contributed by atoms with Gasteiger partial charge in [-0.25, -0.2) is 0 Å². The van der Waals surface area contributed by atoms with E-state index in [0.717, 1.165) is 29.8 Å². The average molecular weight is 217 g/mol. The van der Waals surface area contributed by atoms with E-state index in [1.54, 1.807) is 0 Å². The lowest BCUT2D eigenvalue weighted by atomic mass is 10.2. The summed E-state index contributed by atoms with van der Waals surface area (Å²) in [7, 11) is 0. The van der Waals surface area contributed by atoms with Crippen LogP contribution in [-0.2, 0) is 0 Å². The minimum atomic E-state index is 0.937. The molecule has 0 aromatic rings. The maximum absolute atomic E-state index is 4.60. The molecule has 0 aromatic heterocycles. The zero-order chi connectivity index (χ0) is 12.4. The summed E-state index contributed by atoms with van der Waals surface area (Å²) in [5.74, 6) is 0. The number of rotatable bonds is 6. The summed E-state index contributed by atoms with van der Waals surface area (Å²) in [4.78, 5) is 4.60. The van der Waals surface area contributed by atoms with Crippen molar-refractivity contribution < 1.29 is 0 Å². The Kier molecular flexibility index (Phi) is 8.14. The van der Waals surface area contributed by atoms with E-state index in [0.29, 0.717) is 0 Å². The molecule has 0 atom stereocenters. The van der Waals surface area contributed by atoms with Gasteiger partial charge in [-0.1, -0.05) is 38.7 Å². The Morgan fingerprint density at radius 2 is 2.00 bits per heavy atom. The molecule has 0 N–H and O–H groups in total. The molecule has 16 heavy (non-hydrogen) atoms. The minimum absolute atomic E-state index is 0.937. The van der Waals surface area contributed by atoms with Gasteiger partial charge in [-0.2, -0.15) is 0 Å². The molecule has 0 heterocycles. The van der Waals surface area contributed by atoms with Crippen LogP contribution < -0.4 is 0 Å². The normalized spacial score (nSPS) is 14.0. The van der Waals surface area contributed by atoms with Gasteiger partial charge in [0.05, 0.1) is 5.70 Å². The van der Waals surface area contributed by atoms with Crippen LogP contribution in [0, 0.1) is 0 Å². The highest BCUT2D eigenvalue weighted by atomic mass is 14.8. The first-order valence-corrected chi connectivity index (χ1v) is 5.88. The largest absolute Gasteiger partial charge is 0.253 e. The molecule has 0 saturated carbocycles. The highest BCUT2D eigenvalue weighted by molar-refractivity contribution is 5.95.